The van der Waals surface area contributed by atoms with Crippen LogP contribution in [0.2, 0.25) is 0 Å². The first-order chi connectivity index (χ1) is 8.69. The first-order valence-electron chi connectivity index (χ1n) is 6.73. The summed E-state index contributed by atoms with van der Waals surface area (Å²) in [4.78, 5) is 18.5. The van der Waals surface area contributed by atoms with E-state index in [1.54, 1.807) is 0 Å². The van der Waals surface area contributed by atoms with E-state index in [-0.39, 0.29) is 5.56 Å². The predicted molar refractivity (Wildman–Crippen MR) is 74.8 cm³/mol. The Hall–Kier alpha value is -1.36. The fourth-order valence-electron chi connectivity index (χ4n) is 2.01. The van der Waals surface area contributed by atoms with Gasteiger partial charge in [0.1, 0.15) is 11.6 Å². The van der Waals surface area contributed by atoms with E-state index in [1.165, 1.54) is 6.07 Å². The molecule has 18 heavy (non-hydrogen) atoms. The second kappa shape index (κ2) is 7.87. The van der Waals surface area contributed by atoms with E-state index < -0.39 is 0 Å². The molecular weight excluding hydrogens is 228 g/mol. The molecule has 0 saturated carbocycles. The number of aromatic nitrogens is 2. The molecule has 0 aliphatic heterocycles. The van der Waals surface area contributed by atoms with Crippen LogP contribution in [0.15, 0.2) is 10.9 Å². The van der Waals surface area contributed by atoms with Gasteiger partial charge in [-0.15, -0.1) is 0 Å². The van der Waals surface area contributed by atoms with Crippen LogP contribution < -0.4 is 16.6 Å². The lowest BCUT2D eigenvalue weighted by Crippen LogP contribution is -2.20. The molecule has 0 bridgehead atoms. The Balaban J connectivity index is 2.60. The molecule has 0 amide bonds. The smallest absolute Gasteiger partial charge is 0.252 e. The Labute approximate surface area is 108 Å². The predicted octanol–water partition coefficient (Wildman–Crippen LogP) is 1.51. The van der Waals surface area contributed by atoms with Crippen molar-refractivity contribution in [3.05, 3.63) is 22.2 Å². The first-order valence-corrected chi connectivity index (χ1v) is 6.73. The van der Waals surface area contributed by atoms with Crippen LogP contribution >= 0.6 is 0 Å². The zero-order chi connectivity index (χ0) is 13.4. The van der Waals surface area contributed by atoms with Gasteiger partial charge >= 0.3 is 0 Å². The summed E-state index contributed by atoms with van der Waals surface area (Å²) in [6.45, 7) is 5.67. The van der Waals surface area contributed by atoms with Crippen LogP contribution in [0.1, 0.15) is 38.9 Å². The minimum Gasteiger partial charge on any atom is -0.370 e. The highest BCUT2D eigenvalue weighted by molar-refractivity contribution is 5.32. The van der Waals surface area contributed by atoms with Crippen molar-refractivity contribution in [2.24, 2.45) is 11.7 Å². The highest BCUT2D eigenvalue weighted by Crippen LogP contribution is 2.11. The van der Waals surface area contributed by atoms with Gasteiger partial charge in [-0.25, -0.2) is 4.98 Å². The fraction of sp³-hybridized carbons (Fsp3) is 0.692. The summed E-state index contributed by atoms with van der Waals surface area (Å²) in [5, 5.41) is 3.24. The van der Waals surface area contributed by atoms with Crippen molar-refractivity contribution < 1.29 is 0 Å². The summed E-state index contributed by atoms with van der Waals surface area (Å²) in [6, 6.07) is 1.50. The third-order valence-corrected chi connectivity index (χ3v) is 2.97. The molecule has 1 aromatic heterocycles. The van der Waals surface area contributed by atoms with Gasteiger partial charge in [0.2, 0.25) is 0 Å². The van der Waals surface area contributed by atoms with Crippen molar-refractivity contribution >= 4 is 5.82 Å². The highest BCUT2D eigenvalue weighted by Gasteiger charge is 2.07. The van der Waals surface area contributed by atoms with E-state index in [1.807, 2.05) is 6.92 Å². The van der Waals surface area contributed by atoms with E-state index in [0.717, 1.165) is 38.1 Å². The van der Waals surface area contributed by atoms with Gasteiger partial charge in [-0.3, -0.25) is 4.79 Å². The number of hydrogen-bond acceptors (Lipinski definition) is 4. The highest BCUT2D eigenvalue weighted by atomic mass is 16.1. The van der Waals surface area contributed by atoms with Crippen molar-refractivity contribution in [2.75, 3.05) is 18.4 Å². The van der Waals surface area contributed by atoms with E-state index in [2.05, 4.69) is 22.2 Å². The van der Waals surface area contributed by atoms with E-state index in [4.69, 9.17) is 5.73 Å². The normalized spacial score (nSPS) is 12.4. The summed E-state index contributed by atoms with van der Waals surface area (Å²) in [7, 11) is 0. The minimum atomic E-state index is -0.102. The van der Waals surface area contributed by atoms with Crippen molar-refractivity contribution in [1.29, 1.82) is 0 Å². The lowest BCUT2D eigenvalue weighted by atomic mass is 10.00. The Kier molecular flexibility index (Phi) is 6.43. The summed E-state index contributed by atoms with van der Waals surface area (Å²) < 4.78 is 0. The Morgan fingerprint density at radius 3 is 2.83 bits per heavy atom. The summed E-state index contributed by atoms with van der Waals surface area (Å²) in [5.74, 6) is 1.93. The number of rotatable bonds is 8. The molecule has 0 saturated heterocycles. The average molecular weight is 252 g/mol. The van der Waals surface area contributed by atoms with Gasteiger partial charge in [0.25, 0.3) is 5.56 Å². The van der Waals surface area contributed by atoms with Crippen LogP contribution in [0, 0.1) is 5.92 Å². The van der Waals surface area contributed by atoms with Gasteiger partial charge < -0.3 is 16.0 Å². The van der Waals surface area contributed by atoms with Crippen molar-refractivity contribution in [1.82, 2.24) is 9.97 Å². The fourth-order valence-corrected chi connectivity index (χ4v) is 2.01. The summed E-state index contributed by atoms with van der Waals surface area (Å²) in [6.07, 6.45) is 4.03. The maximum Gasteiger partial charge on any atom is 0.252 e. The van der Waals surface area contributed by atoms with Crippen molar-refractivity contribution in [3.63, 3.8) is 0 Å². The minimum absolute atomic E-state index is 0.102. The van der Waals surface area contributed by atoms with Crippen LogP contribution in [0.5, 0.6) is 0 Å². The molecule has 0 spiro atoms. The lowest BCUT2D eigenvalue weighted by Gasteiger charge is -2.16. The van der Waals surface area contributed by atoms with Gasteiger partial charge in [-0.1, -0.05) is 20.3 Å². The standard InChI is InChI=1S/C13H24N4O/c1-3-5-10(6-7-14)9-15-12-8-13(18)17-11(4-2)16-12/h8,10H,3-7,9,14H2,1-2H3,(H2,15,16,17,18). The SMILES string of the molecule is CCCC(CCN)CNc1cc(=O)[nH]c(CC)n1. The first kappa shape index (κ1) is 14.7. The van der Waals surface area contributed by atoms with E-state index in [9.17, 15) is 4.79 Å². The van der Waals surface area contributed by atoms with Crippen LogP contribution in [-0.4, -0.2) is 23.1 Å². The zero-order valence-electron chi connectivity index (χ0n) is 11.3. The van der Waals surface area contributed by atoms with Crippen LogP contribution in [-0.2, 0) is 6.42 Å². The summed E-state index contributed by atoms with van der Waals surface area (Å²) in [5.41, 5.74) is 5.50. The van der Waals surface area contributed by atoms with Gasteiger partial charge in [-0.05, 0) is 25.3 Å². The number of hydrogen-bond donors (Lipinski definition) is 3. The molecule has 102 valence electrons. The summed E-state index contributed by atoms with van der Waals surface area (Å²) >= 11 is 0. The molecule has 0 aliphatic carbocycles. The molecule has 1 aromatic rings. The third kappa shape index (κ3) is 4.87. The molecule has 0 fully saturated rings. The Morgan fingerprint density at radius 1 is 1.44 bits per heavy atom. The van der Waals surface area contributed by atoms with Gasteiger partial charge in [0.05, 0.1) is 0 Å². The molecule has 5 nitrogen and oxygen atoms in total. The van der Waals surface area contributed by atoms with Gasteiger partial charge in [0, 0.05) is 19.0 Å². The molecular formula is C13H24N4O. The van der Waals surface area contributed by atoms with E-state index in [0.29, 0.717) is 18.3 Å². The van der Waals surface area contributed by atoms with Gasteiger partial charge in [0.15, 0.2) is 0 Å². The number of aromatic amines is 1. The van der Waals surface area contributed by atoms with Crippen LogP contribution in [0.3, 0.4) is 0 Å². The zero-order valence-corrected chi connectivity index (χ0v) is 11.3. The molecule has 1 rings (SSSR count). The molecule has 1 heterocycles. The van der Waals surface area contributed by atoms with E-state index >= 15 is 0 Å². The van der Waals surface area contributed by atoms with Crippen LogP contribution in [0.25, 0.3) is 0 Å². The number of H-pyrrole nitrogens is 1. The van der Waals surface area contributed by atoms with Crippen molar-refractivity contribution in [3.8, 4) is 0 Å². The number of nitrogens with zero attached hydrogens (tertiary/aromatic N) is 1. The number of nitrogens with two attached hydrogens (primary N) is 1. The number of aryl methyl sites for hydroxylation is 1. The Bertz CT molecular complexity index is 396. The molecule has 1 atom stereocenters. The van der Waals surface area contributed by atoms with Gasteiger partial charge in [-0.2, -0.15) is 0 Å². The van der Waals surface area contributed by atoms with Crippen LogP contribution in [0.4, 0.5) is 5.82 Å². The molecule has 5 heteroatoms. The molecule has 0 aromatic carbocycles. The van der Waals surface area contributed by atoms with Crippen molar-refractivity contribution in [2.45, 2.75) is 39.5 Å². The molecule has 0 aliphatic rings. The topological polar surface area (TPSA) is 83.8 Å². The molecule has 0 radical (unpaired) electrons. The lowest BCUT2D eigenvalue weighted by molar-refractivity contribution is 0.473. The number of nitrogens with one attached hydrogen (secondary N) is 2. The monoisotopic (exact) mass is 252 g/mol. The maximum absolute atomic E-state index is 11.4. The second-order valence-corrected chi connectivity index (χ2v) is 4.54. The maximum atomic E-state index is 11.4. The average Bonchev–Trinajstić information content (AvgIpc) is 2.36. The molecule has 4 N–H and O–H groups in total. The Morgan fingerprint density at radius 2 is 2.22 bits per heavy atom. The third-order valence-electron chi connectivity index (χ3n) is 2.97. The largest absolute Gasteiger partial charge is 0.370 e. The quantitative estimate of drug-likeness (QED) is 0.655. The second-order valence-electron chi connectivity index (χ2n) is 4.54. The molecule has 1 unspecified atom stereocenters. The number of anilines is 1.